The van der Waals surface area contributed by atoms with Gasteiger partial charge in [0.25, 0.3) is 5.91 Å². The average Bonchev–Trinajstić information content (AvgIpc) is 3.20. The van der Waals surface area contributed by atoms with E-state index in [1.807, 2.05) is 24.3 Å². The van der Waals surface area contributed by atoms with Crippen LogP contribution in [-0.2, 0) is 0 Å². The predicted molar refractivity (Wildman–Crippen MR) is 87.7 cm³/mol. The first-order valence-corrected chi connectivity index (χ1v) is 7.76. The molecule has 1 saturated carbocycles. The molecule has 2 rings (SSSR count). The minimum Gasteiger partial charge on any atom is -0.348 e. The number of nitrogens with two attached hydrogens (primary N) is 1. The van der Waals surface area contributed by atoms with Crippen molar-refractivity contribution in [2.75, 3.05) is 6.54 Å². The van der Waals surface area contributed by atoms with Crippen LogP contribution in [0, 0.1) is 5.92 Å². The van der Waals surface area contributed by atoms with Crippen LogP contribution in [0.3, 0.4) is 0 Å². The number of rotatable bonds is 6. The van der Waals surface area contributed by atoms with Gasteiger partial charge < -0.3 is 11.1 Å². The second-order valence-corrected chi connectivity index (χ2v) is 6.93. The van der Waals surface area contributed by atoms with Crippen LogP contribution in [0.15, 0.2) is 29.2 Å². The first kappa shape index (κ1) is 17.3. The summed E-state index contributed by atoms with van der Waals surface area (Å²) in [6.07, 6.45) is 2.37. The quantitative estimate of drug-likeness (QED) is 0.793. The molecule has 3 nitrogen and oxygen atoms in total. The Morgan fingerprint density at radius 2 is 2.05 bits per heavy atom. The molecular formula is C15H23ClN2OS. The van der Waals surface area contributed by atoms with Crippen LogP contribution in [-0.4, -0.2) is 23.7 Å². The Labute approximate surface area is 131 Å². The topological polar surface area (TPSA) is 55.1 Å². The monoisotopic (exact) mass is 314 g/mol. The van der Waals surface area contributed by atoms with Crippen LogP contribution in [0.4, 0.5) is 0 Å². The summed E-state index contributed by atoms with van der Waals surface area (Å²) in [7, 11) is 0. The molecular weight excluding hydrogens is 292 g/mol. The highest BCUT2D eigenvalue weighted by molar-refractivity contribution is 8.00. The molecule has 0 aromatic heterocycles. The van der Waals surface area contributed by atoms with E-state index in [-0.39, 0.29) is 24.4 Å². The first-order valence-electron chi connectivity index (χ1n) is 6.88. The number of nitrogens with one attached hydrogen (secondary N) is 1. The molecule has 1 aliphatic carbocycles. The van der Waals surface area contributed by atoms with E-state index in [0.717, 1.165) is 10.5 Å². The van der Waals surface area contributed by atoms with Gasteiger partial charge in [0.1, 0.15) is 0 Å². The van der Waals surface area contributed by atoms with Crippen molar-refractivity contribution in [1.29, 1.82) is 0 Å². The molecule has 1 amide bonds. The summed E-state index contributed by atoms with van der Waals surface area (Å²) in [4.78, 5) is 13.4. The maximum atomic E-state index is 12.4. The number of carbonyl (C=O) groups excluding carboxylic acids is 1. The third kappa shape index (κ3) is 4.69. The SMILES string of the molecule is CC(C)Sc1ccccc1C(=O)NC(CN)C1CC1.Cl. The lowest BCUT2D eigenvalue weighted by Crippen LogP contribution is -2.41. The molecule has 1 aromatic rings. The van der Waals surface area contributed by atoms with E-state index >= 15 is 0 Å². The van der Waals surface area contributed by atoms with Crippen LogP contribution in [0.1, 0.15) is 37.0 Å². The summed E-state index contributed by atoms with van der Waals surface area (Å²) >= 11 is 1.72. The number of halogens is 1. The van der Waals surface area contributed by atoms with E-state index in [1.54, 1.807) is 11.8 Å². The Hall–Kier alpha value is -0.710. The average molecular weight is 315 g/mol. The number of thioether (sulfide) groups is 1. The Balaban J connectivity index is 0.00000200. The van der Waals surface area contributed by atoms with E-state index < -0.39 is 0 Å². The molecule has 20 heavy (non-hydrogen) atoms. The minimum absolute atomic E-state index is 0. The van der Waals surface area contributed by atoms with E-state index in [9.17, 15) is 4.79 Å². The highest BCUT2D eigenvalue weighted by Gasteiger charge is 2.31. The molecule has 1 atom stereocenters. The van der Waals surface area contributed by atoms with Gasteiger partial charge in [0.2, 0.25) is 0 Å². The minimum atomic E-state index is 0. The van der Waals surface area contributed by atoms with E-state index in [2.05, 4.69) is 19.2 Å². The second-order valence-electron chi connectivity index (χ2n) is 5.32. The number of hydrogen-bond donors (Lipinski definition) is 2. The molecule has 1 unspecified atom stereocenters. The Kier molecular flexibility index (Phi) is 6.86. The van der Waals surface area contributed by atoms with Gasteiger partial charge in [0.05, 0.1) is 5.56 Å². The first-order chi connectivity index (χ1) is 9.11. The third-order valence-electron chi connectivity index (χ3n) is 3.26. The van der Waals surface area contributed by atoms with Gasteiger partial charge in [-0.15, -0.1) is 24.2 Å². The molecule has 0 bridgehead atoms. The van der Waals surface area contributed by atoms with E-state index in [1.165, 1.54) is 12.8 Å². The number of benzene rings is 1. The maximum absolute atomic E-state index is 12.4. The van der Waals surface area contributed by atoms with Crippen molar-refractivity contribution in [2.24, 2.45) is 11.7 Å². The maximum Gasteiger partial charge on any atom is 0.252 e. The summed E-state index contributed by atoms with van der Waals surface area (Å²) in [5.41, 5.74) is 6.50. The molecule has 1 aliphatic rings. The van der Waals surface area contributed by atoms with Gasteiger partial charge in [-0.3, -0.25) is 4.79 Å². The van der Waals surface area contributed by atoms with Crippen LogP contribution >= 0.6 is 24.2 Å². The van der Waals surface area contributed by atoms with Crippen molar-refractivity contribution in [3.63, 3.8) is 0 Å². The molecule has 0 heterocycles. The number of carbonyl (C=O) groups is 1. The number of hydrogen-bond acceptors (Lipinski definition) is 3. The van der Waals surface area contributed by atoms with Crippen molar-refractivity contribution >= 4 is 30.1 Å². The highest BCUT2D eigenvalue weighted by Crippen LogP contribution is 2.32. The zero-order valence-electron chi connectivity index (χ0n) is 12.0. The van der Waals surface area contributed by atoms with Gasteiger partial charge >= 0.3 is 0 Å². The van der Waals surface area contributed by atoms with Crippen molar-refractivity contribution in [2.45, 2.75) is 42.9 Å². The summed E-state index contributed by atoms with van der Waals surface area (Å²) in [5.74, 6) is 0.588. The van der Waals surface area contributed by atoms with Crippen molar-refractivity contribution < 1.29 is 4.79 Å². The summed E-state index contributed by atoms with van der Waals surface area (Å²) in [6.45, 7) is 4.79. The molecule has 0 spiro atoms. The highest BCUT2D eigenvalue weighted by atomic mass is 35.5. The van der Waals surface area contributed by atoms with Gasteiger partial charge in [-0.25, -0.2) is 0 Å². The Morgan fingerprint density at radius 1 is 1.40 bits per heavy atom. The van der Waals surface area contributed by atoms with Gasteiger partial charge in [0.15, 0.2) is 0 Å². The van der Waals surface area contributed by atoms with Gasteiger partial charge in [-0.1, -0.05) is 26.0 Å². The standard InChI is InChI=1S/C15H22N2OS.ClH/c1-10(2)19-14-6-4-3-5-12(14)15(18)17-13(9-16)11-7-8-11;/h3-6,10-11,13H,7-9,16H2,1-2H3,(H,17,18);1H. The Morgan fingerprint density at radius 3 is 2.60 bits per heavy atom. The molecule has 1 aromatic carbocycles. The Bertz CT molecular complexity index is 449. The summed E-state index contributed by atoms with van der Waals surface area (Å²) < 4.78 is 0. The summed E-state index contributed by atoms with van der Waals surface area (Å²) in [6, 6.07) is 7.91. The van der Waals surface area contributed by atoms with E-state index in [0.29, 0.717) is 17.7 Å². The van der Waals surface area contributed by atoms with Crippen LogP contribution < -0.4 is 11.1 Å². The van der Waals surface area contributed by atoms with Crippen molar-refractivity contribution in [1.82, 2.24) is 5.32 Å². The smallest absolute Gasteiger partial charge is 0.252 e. The largest absolute Gasteiger partial charge is 0.348 e. The molecule has 0 aliphatic heterocycles. The summed E-state index contributed by atoms with van der Waals surface area (Å²) in [5, 5.41) is 3.54. The van der Waals surface area contributed by atoms with Crippen LogP contribution in [0.2, 0.25) is 0 Å². The predicted octanol–water partition coefficient (Wildman–Crippen LogP) is 3.08. The molecule has 3 N–H and O–H groups in total. The lowest BCUT2D eigenvalue weighted by Gasteiger charge is -2.17. The lowest BCUT2D eigenvalue weighted by molar-refractivity contribution is 0.0930. The van der Waals surface area contributed by atoms with Gasteiger partial charge in [-0.05, 0) is 30.9 Å². The fourth-order valence-electron chi connectivity index (χ4n) is 2.12. The van der Waals surface area contributed by atoms with Gasteiger partial charge in [-0.2, -0.15) is 0 Å². The number of amides is 1. The fraction of sp³-hybridized carbons (Fsp3) is 0.533. The van der Waals surface area contributed by atoms with Crippen molar-refractivity contribution in [3.8, 4) is 0 Å². The molecule has 1 fully saturated rings. The lowest BCUT2D eigenvalue weighted by atomic mass is 10.1. The normalized spacial score (nSPS) is 15.6. The fourth-order valence-corrected chi connectivity index (χ4v) is 3.08. The molecule has 0 radical (unpaired) electrons. The van der Waals surface area contributed by atoms with Gasteiger partial charge in [0, 0.05) is 22.7 Å². The zero-order chi connectivity index (χ0) is 13.8. The molecule has 0 saturated heterocycles. The third-order valence-corrected chi connectivity index (χ3v) is 4.34. The molecule has 112 valence electrons. The molecule has 5 heteroatoms. The van der Waals surface area contributed by atoms with E-state index in [4.69, 9.17) is 5.73 Å². The second kappa shape index (κ2) is 7.91. The van der Waals surface area contributed by atoms with Crippen molar-refractivity contribution in [3.05, 3.63) is 29.8 Å². The van der Waals surface area contributed by atoms with Crippen LogP contribution in [0.25, 0.3) is 0 Å². The van der Waals surface area contributed by atoms with Crippen LogP contribution in [0.5, 0.6) is 0 Å². The zero-order valence-corrected chi connectivity index (χ0v) is 13.6.